The average Bonchev–Trinajstić information content (AvgIpc) is 2.56. The van der Waals surface area contributed by atoms with E-state index >= 15 is 0 Å². The molecule has 0 aromatic heterocycles. The molecule has 0 aliphatic rings. The van der Waals surface area contributed by atoms with Crippen LogP contribution in [0.2, 0.25) is 0 Å². The minimum Gasteiger partial charge on any atom is -0.480 e. The maximum Gasteiger partial charge on any atom is 0.326 e. The third-order valence-corrected chi connectivity index (χ3v) is 4.38. The van der Waals surface area contributed by atoms with Gasteiger partial charge in [0, 0.05) is 5.56 Å². The van der Waals surface area contributed by atoms with E-state index in [1.807, 2.05) is 0 Å². The first kappa shape index (κ1) is 19.4. The van der Waals surface area contributed by atoms with Gasteiger partial charge in [-0.2, -0.15) is 4.72 Å². The smallest absolute Gasteiger partial charge is 0.326 e. The van der Waals surface area contributed by atoms with Gasteiger partial charge in [0.25, 0.3) is 5.91 Å². The summed E-state index contributed by atoms with van der Waals surface area (Å²) in [7, 11) is -3.84. The molecule has 0 aliphatic carbocycles. The number of hydrogen-bond acceptors (Lipinski definition) is 4. The first-order valence-electron chi connectivity index (χ1n) is 7.00. The van der Waals surface area contributed by atoms with Crippen LogP contribution < -0.4 is 10.0 Å². The van der Waals surface area contributed by atoms with Crippen molar-refractivity contribution in [3.63, 3.8) is 0 Å². The first-order chi connectivity index (χ1) is 11.3. The Kier molecular flexibility index (Phi) is 7.17. The summed E-state index contributed by atoms with van der Waals surface area (Å²) < 4.78 is 26.2. The number of hydrogen-bond donors (Lipinski definition) is 3. The zero-order valence-electron chi connectivity index (χ0n) is 13.0. The molecule has 0 saturated carbocycles. The fourth-order valence-electron chi connectivity index (χ4n) is 1.76. The zero-order chi connectivity index (χ0) is 18.2. The maximum atomic E-state index is 12.2. The van der Waals surface area contributed by atoms with E-state index in [1.165, 1.54) is 18.2 Å². The third kappa shape index (κ3) is 5.53. The lowest BCUT2D eigenvalue weighted by Gasteiger charge is -2.13. The van der Waals surface area contributed by atoms with Gasteiger partial charge in [0.2, 0.25) is 10.0 Å². The fraction of sp³-hybridized carbons (Fsp3) is 0.250. The van der Waals surface area contributed by atoms with Crippen molar-refractivity contribution < 1.29 is 23.1 Å². The molecule has 8 heteroatoms. The Morgan fingerprint density at radius 2 is 2.12 bits per heavy atom. The van der Waals surface area contributed by atoms with Gasteiger partial charge in [-0.1, -0.05) is 24.1 Å². The Morgan fingerprint density at radius 3 is 2.71 bits per heavy atom. The van der Waals surface area contributed by atoms with E-state index < -0.39 is 27.9 Å². The number of aliphatic carboxylic acids is 1. The highest BCUT2D eigenvalue weighted by molar-refractivity contribution is 7.89. The number of carbonyl (C=O) groups is 2. The standard InChI is InChI=1S/C16H18N2O5S/c1-3-5-9-14(16(20)21)18-15(19)12-7-6-8-13(11-12)24(22,23)17-10-4-2/h2-3,5-8,11,14,17H,9-10H2,1H3,(H,18,19)(H,20,21)/b5-3+. The number of sulfonamides is 1. The average molecular weight is 350 g/mol. The van der Waals surface area contributed by atoms with Gasteiger partial charge in [0.05, 0.1) is 11.4 Å². The lowest BCUT2D eigenvalue weighted by molar-refractivity contribution is -0.139. The van der Waals surface area contributed by atoms with Crippen LogP contribution in [0.4, 0.5) is 0 Å². The summed E-state index contributed by atoms with van der Waals surface area (Å²) in [5.41, 5.74) is 0.0327. The predicted octanol–water partition coefficient (Wildman–Crippen LogP) is 0.747. The Hall–Kier alpha value is -2.63. The molecule has 0 spiro atoms. The summed E-state index contributed by atoms with van der Waals surface area (Å²) in [4.78, 5) is 23.2. The Labute approximate surface area is 140 Å². The van der Waals surface area contributed by atoms with Gasteiger partial charge in [0.1, 0.15) is 6.04 Å². The molecule has 1 aromatic rings. The Morgan fingerprint density at radius 1 is 1.42 bits per heavy atom. The zero-order valence-corrected chi connectivity index (χ0v) is 13.8. The summed E-state index contributed by atoms with van der Waals surface area (Å²) in [6.45, 7) is 1.56. The maximum absolute atomic E-state index is 12.2. The van der Waals surface area contributed by atoms with Crippen molar-refractivity contribution in [3.05, 3.63) is 42.0 Å². The quantitative estimate of drug-likeness (QED) is 0.473. The molecule has 0 bridgehead atoms. The predicted molar refractivity (Wildman–Crippen MR) is 88.8 cm³/mol. The second-order valence-electron chi connectivity index (χ2n) is 4.73. The summed E-state index contributed by atoms with van der Waals surface area (Å²) in [5, 5.41) is 11.5. The molecule has 0 aliphatic heterocycles. The molecule has 1 atom stereocenters. The molecule has 0 heterocycles. The number of carbonyl (C=O) groups excluding carboxylic acids is 1. The van der Waals surface area contributed by atoms with Gasteiger partial charge in [-0.25, -0.2) is 13.2 Å². The molecule has 1 unspecified atom stereocenters. The number of allylic oxidation sites excluding steroid dienone is 1. The van der Waals surface area contributed by atoms with E-state index in [1.54, 1.807) is 19.1 Å². The fourth-order valence-corrected chi connectivity index (χ4v) is 2.74. The molecule has 1 rings (SSSR count). The van der Waals surface area contributed by atoms with Gasteiger partial charge in [0.15, 0.2) is 0 Å². The molecule has 1 amide bonds. The number of carboxylic acids is 1. The third-order valence-electron chi connectivity index (χ3n) is 2.98. The van der Waals surface area contributed by atoms with E-state index in [2.05, 4.69) is 16.0 Å². The largest absolute Gasteiger partial charge is 0.480 e. The van der Waals surface area contributed by atoms with Crippen LogP contribution >= 0.6 is 0 Å². The van der Waals surface area contributed by atoms with Gasteiger partial charge in [-0.15, -0.1) is 6.42 Å². The SMILES string of the molecule is C#CCNS(=O)(=O)c1cccc(C(=O)NC(C/C=C/C)C(=O)O)c1. The highest BCUT2D eigenvalue weighted by Crippen LogP contribution is 2.12. The molecule has 3 N–H and O–H groups in total. The first-order valence-corrected chi connectivity index (χ1v) is 8.48. The topological polar surface area (TPSA) is 113 Å². The van der Waals surface area contributed by atoms with E-state index in [-0.39, 0.29) is 23.4 Å². The van der Waals surface area contributed by atoms with Gasteiger partial charge >= 0.3 is 5.97 Å². The summed E-state index contributed by atoms with van der Waals surface area (Å²) in [5.74, 6) is 0.288. The van der Waals surface area contributed by atoms with Crippen molar-refractivity contribution in [1.82, 2.24) is 10.0 Å². The lowest BCUT2D eigenvalue weighted by atomic mass is 10.1. The van der Waals surface area contributed by atoms with Crippen LogP contribution in [-0.2, 0) is 14.8 Å². The summed E-state index contributed by atoms with van der Waals surface area (Å²) in [6.07, 6.45) is 8.42. The van der Waals surface area contributed by atoms with Gasteiger partial charge in [-0.3, -0.25) is 4.79 Å². The van der Waals surface area contributed by atoms with Crippen LogP contribution in [0.1, 0.15) is 23.7 Å². The van der Waals surface area contributed by atoms with Crippen LogP contribution in [0, 0.1) is 12.3 Å². The van der Waals surface area contributed by atoms with E-state index in [4.69, 9.17) is 11.5 Å². The normalized spacial score (nSPS) is 12.5. The van der Waals surface area contributed by atoms with Gasteiger partial charge < -0.3 is 10.4 Å². The highest BCUT2D eigenvalue weighted by atomic mass is 32.2. The molecule has 0 radical (unpaired) electrons. The van der Waals surface area contributed by atoms with E-state index in [9.17, 15) is 18.0 Å². The van der Waals surface area contributed by atoms with E-state index in [0.29, 0.717) is 0 Å². The second kappa shape index (κ2) is 8.86. The molecule has 0 saturated heterocycles. The molecule has 7 nitrogen and oxygen atoms in total. The van der Waals surface area contributed by atoms with Crippen LogP contribution in [0.25, 0.3) is 0 Å². The number of terminal acetylenes is 1. The molecule has 128 valence electrons. The number of benzene rings is 1. The summed E-state index contributed by atoms with van der Waals surface area (Å²) >= 11 is 0. The van der Waals surface area contributed by atoms with Crippen molar-refractivity contribution in [2.24, 2.45) is 0 Å². The van der Waals surface area contributed by atoms with Crippen molar-refractivity contribution in [1.29, 1.82) is 0 Å². The van der Waals surface area contributed by atoms with E-state index in [0.717, 1.165) is 6.07 Å². The molecular formula is C16H18N2O5S. The van der Waals surface area contributed by atoms with Crippen LogP contribution in [0.5, 0.6) is 0 Å². The number of carboxylic acid groups (broad SMARTS) is 1. The number of amides is 1. The van der Waals surface area contributed by atoms with Crippen molar-refractivity contribution in [3.8, 4) is 12.3 Å². The lowest BCUT2D eigenvalue weighted by Crippen LogP contribution is -2.40. The monoisotopic (exact) mass is 350 g/mol. The highest BCUT2D eigenvalue weighted by Gasteiger charge is 2.21. The number of nitrogens with one attached hydrogen (secondary N) is 2. The van der Waals surface area contributed by atoms with Gasteiger partial charge in [-0.05, 0) is 31.5 Å². The number of rotatable bonds is 8. The molecule has 1 aromatic carbocycles. The second-order valence-corrected chi connectivity index (χ2v) is 6.49. The summed E-state index contributed by atoms with van der Waals surface area (Å²) in [6, 6.07) is 4.14. The minimum absolute atomic E-state index is 0.0327. The van der Waals surface area contributed by atoms with Crippen LogP contribution in [-0.4, -0.2) is 38.0 Å². The molecule has 0 fully saturated rings. The van der Waals surface area contributed by atoms with Crippen LogP contribution in [0.15, 0.2) is 41.3 Å². The van der Waals surface area contributed by atoms with Crippen molar-refractivity contribution in [2.75, 3.05) is 6.54 Å². The minimum atomic E-state index is -3.84. The molecular weight excluding hydrogens is 332 g/mol. The Bertz CT molecular complexity index is 778. The molecule has 24 heavy (non-hydrogen) atoms. The Balaban J connectivity index is 2.98. The van der Waals surface area contributed by atoms with Crippen molar-refractivity contribution in [2.45, 2.75) is 24.3 Å². The van der Waals surface area contributed by atoms with Crippen molar-refractivity contribution >= 4 is 21.9 Å². The van der Waals surface area contributed by atoms with Crippen LogP contribution in [0.3, 0.4) is 0 Å².